The maximum absolute atomic E-state index is 12.1. The molecular weight excluding hydrogens is 320 g/mol. The van der Waals surface area contributed by atoms with Crippen LogP contribution in [0, 0.1) is 35.5 Å². The van der Waals surface area contributed by atoms with E-state index in [-0.39, 0.29) is 35.5 Å². The fourth-order valence-electron chi connectivity index (χ4n) is 5.85. The summed E-state index contributed by atoms with van der Waals surface area (Å²) < 4.78 is -1.68. The molecule has 2 saturated carbocycles. The van der Waals surface area contributed by atoms with Crippen LogP contribution in [0.3, 0.4) is 0 Å². The SMILES string of the molecule is CSC1(C(=O)O)[C@@H]2C=C[C@H]3C2C2[C@@H]1C=C[C@@H]2C3(SC)C(=O)O. The topological polar surface area (TPSA) is 74.6 Å². The van der Waals surface area contributed by atoms with Crippen molar-refractivity contribution in [1.29, 1.82) is 0 Å². The van der Waals surface area contributed by atoms with Crippen LogP contribution >= 0.6 is 23.5 Å². The third kappa shape index (κ3) is 1.24. The minimum atomic E-state index is -0.838. The molecular formula is C16H18O4S2. The summed E-state index contributed by atoms with van der Waals surface area (Å²) in [5.41, 5.74) is 0. The first-order valence-corrected chi connectivity index (χ1v) is 9.85. The van der Waals surface area contributed by atoms with E-state index < -0.39 is 21.4 Å². The van der Waals surface area contributed by atoms with E-state index in [1.807, 2.05) is 36.8 Å². The van der Waals surface area contributed by atoms with Crippen molar-refractivity contribution in [2.75, 3.05) is 12.5 Å². The Bertz CT molecular complexity index is 544. The molecule has 0 bridgehead atoms. The number of hydrogen-bond donors (Lipinski definition) is 2. The molecule has 4 rings (SSSR count). The second kappa shape index (κ2) is 4.35. The van der Waals surface area contributed by atoms with Gasteiger partial charge in [0, 0.05) is 23.7 Å². The van der Waals surface area contributed by atoms with Gasteiger partial charge in [0.15, 0.2) is 0 Å². The summed E-state index contributed by atoms with van der Waals surface area (Å²) in [6.07, 6.45) is 11.7. The van der Waals surface area contributed by atoms with Crippen LogP contribution in [0.25, 0.3) is 0 Å². The molecule has 22 heavy (non-hydrogen) atoms. The minimum absolute atomic E-state index is 0.0687. The quantitative estimate of drug-likeness (QED) is 0.766. The first kappa shape index (κ1) is 14.7. The molecule has 0 aliphatic heterocycles. The number of carboxylic acids is 2. The predicted octanol–water partition coefficient (Wildman–Crippen LogP) is 2.22. The van der Waals surface area contributed by atoms with Crippen LogP contribution in [0.2, 0.25) is 0 Å². The summed E-state index contributed by atoms with van der Waals surface area (Å²) >= 11 is 2.85. The van der Waals surface area contributed by atoms with E-state index in [0.717, 1.165) is 0 Å². The Morgan fingerprint density at radius 3 is 1.23 bits per heavy atom. The molecule has 8 atom stereocenters. The number of thioether (sulfide) groups is 2. The fraction of sp³-hybridized carbons (Fsp3) is 0.625. The van der Waals surface area contributed by atoms with Gasteiger partial charge >= 0.3 is 11.9 Å². The van der Waals surface area contributed by atoms with Gasteiger partial charge in [-0.25, -0.2) is 0 Å². The van der Waals surface area contributed by atoms with Crippen molar-refractivity contribution in [1.82, 2.24) is 0 Å². The Labute approximate surface area is 137 Å². The number of carbonyl (C=O) groups is 2. The average molecular weight is 338 g/mol. The van der Waals surface area contributed by atoms with Gasteiger partial charge in [0.05, 0.1) is 0 Å². The maximum atomic E-state index is 12.1. The molecule has 0 spiro atoms. The Balaban J connectivity index is 1.91. The van der Waals surface area contributed by atoms with E-state index in [2.05, 4.69) is 0 Å². The van der Waals surface area contributed by atoms with Crippen molar-refractivity contribution < 1.29 is 19.8 Å². The molecule has 0 radical (unpaired) electrons. The van der Waals surface area contributed by atoms with Gasteiger partial charge in [0.2, 0.25) is 0 Å². The van der Waals surface area contributed by atoms with Gasteiger partial charge < -0.3 is 10.2 Å². The predicted molar refractivity (Wildman–Crippen MR) is 87.0 cm³/mol. The normalized spacial score (nSPS) is 53.2. The first-order valence-electron chi connectivity index (χ1n) is 7.40. The largest absolute Gasteiger partial charge is 0.480 e. The smallest absolute Gasteiger partial charge is 0.321 e. The van der Waals surface area contributed by atoms with Crippen molar-refractivity contribution >= 4 is 35.5 Å². The van der Waals surface area contributed by atoms with E-state index in [4.69, 9.17) is 0 Å². The van der Waals surface area contributed by atoms with Crippen LogP contribution in [-0.2, 0) is 9.59 Å². The highest BCUT2D eigenvalue weighted by atomic mass is 32.2. The Morgan fingerprint density at radius 1 is 0.773 bits per heavy atom. The molecule has 4 nitrogen and oxygen atoms in total. The van der Waals surface area contributed by atoms with Gasteiger partial charge in [-0.1, -0.05) is 24.3 Å². The summed E-state index contributed by atoms with van der Waals surface area (Å²) in [6, 6.07) is 0. The molecule has 4 aliphatic carbocycles. The van der Waals surface area contributed by atoms with Crippen molar-refractivity contribution in [2.45, 2.75) is 9.49 Å². The second-order valence-electron chi connectivity index (χ2n) is 6.63. The fourth-order valence-corrected chi connectivity index (χ4v) is 8.23. The number of aliphatic carboxylic acids is 2. The molecule has 4 unspecified atom stereocenters. The van der Waals surface area contributed by atoms with Crippen molar-refractivity contribution in [3.05, 3.63) is 24.3 Å². The second-order valence-corrected chi connectivity index (χ2v) is 8.80. The average Bonchev–Trinajstić information content (AvgIpc) is 3.15. The van der Waals surface area contributed by atoms with Crippen LogP contribution in [0.4, 0.5) is 0 Å². The van der Waals surface area contributed by atoms with Gasteiger partial charge in [0.1, 0.15) is 9.49 Å². The number of rotatable bonds is 4. The van der Waals surface area contributed by atoms with Gasteiger partial charge in [-0.15, -0.1) is 23.5 Å². The highest BCUT2D eigenvalue weighted by Gasteiger charge is 2.77. The van der Waals surface area contributed by atoms with Gasteiger partial charge in [0.25, 0.3) is 0 Å². The number of hydrogen-bond acceptors (Lipinski definition) is 4. The zero-order valence-corrected chi connectivity index (χ0v) is 13.9. The first-order chi connectivity index (χ1) is 10.5. The zero-order valence-electron chi connectivity index (χ0n) is 12.3. The van der Waals surface area contributed by atoms with Crippen LogP contribution in [0.5, 0.6) is 0 Å². The number of allylic oxidation sites excluding steroid dienone is 4. The Morgan fingerprint density at radius 2 is 1.05 bits per heavy atom. The van der Waals surface area contributed by atoms with Crippen molar-refractivity contribution in [2.24, 2.45) is 35.5 Å². The number of carboxylic acid groups (broad SMARTS) is 2. The summed E-state index contributed by atoms with van der Waals surface area (Å²) in [5, 5.41) is 19.9. The van der Waals surface area contributed by atoms with Crippen LogP contribution in [0.15, 0.2) is 24.3 Å². The minimum Gasteiger partial charge on any atom is -0.480 e. The summed E-state index contributed by atoms with van der Waals surface area (Å²) in [6.45, 7) is 0. The van der Waals surface area contributed by atoms with E-state index in [9.17, 15) is 19.8 Å². The zero-order chi connectivity index (χ0) is 15.9. The van der Waals surface area contributed by atoms with E-state index in [1.54, 1.807) is 0 Å². The third-order valence-corrected chi connectivity index (χ3v) is 9.27. The lowest BCUT2D eigenvalue weighted by Crippen LogP contribution is -2.48. The highest BCUT2D eigenvalue weighted by molar-refractivity contribution is 8.01. The van der Waals surface area contributed by atoms with Gasteiger partial charge in [-0.3, -0.25) is 9.59 Å². The maximum Gasteiger partial charge on any atom is 0.321 e. The lowest BCUT2D eigenvalue weighted by atomic mass is 9.82. The van der Waals surface area contributed by atoms with E-state index in [1.165, 1.54) is 23.5 Å². The van der Waals surface area contributed by atoms with Crippen molar-refractivity contribution in [3.63, 3.8) is 0 Å². The third-order valence-electron chi connectivity index (χ3n) is 6.48. The molecule has 2 fully saturated rings. The lowest BCUT2D eigenvalue weighted by molar-refractivity contribution is -0.141. The monoisotopic (exact) mass is 338 g/mol. The lowest BCUT2D eigenvalue weighted by Gasteiger charge is -2.36. The van der Waals surface area contributed by atoms with Crippen molar-refractivity contribution in [3.8, 4) is 0 Å². The standard InChI is InChI=1S/C16H18O4S2/c1-21-15(13(17)18)7-3-5-9-11(7)12-8(15)4-6-10(12)16(9,22-2)14(19)20/h3-12H,1-2H3,(H,17,18)(H,19,20)/t7-,8-,9-,10+,11?,12?,15?,16?/m0/s1. The van der Waals surface area contributed by atoms with E-state index >= 15 is 0 Å². The summed E-state index contributed by atoms with van der Waals surface area (Å²) in [5.74, 6) is -1.52. The molecule has 0 aromatic rings. The highest BCUT2D eigenvalue weighted by Crippen LogP contribution is 2.74. The Hall–Kier alpha value is -0.880. The van der Waals surface area contributed by atoms with E-state index in [0.29, 0.717) is 0 Å². The molecule has 0 heterocycles. The van der Waals surface area contributed by atoms with Gasteiger partial charge in [-0.2, -0.15) is 0 Å². The molecule has 0 saturated heterocycles. The van der Waals surface area contributed by atoms with Gasteiger partial charge in [-0.05, 0) is 24.3 Å². The molecule has 2 N–H and O–H groups in total. The van der Waals surface area contributed by atoms with Crippen LogP contribution in [0.1, 0.15) is 0 Å². The van der Waals surface area contributed by atoms with Crippen LogP contribution < -0.4 is 0 Å². The summed E-state index contributed by atoms with van der Waals surface area (Å²) in [7, 11) is 0. The molecule has 0 aromatic carbocycles. The molecule has 0 amide bonds. The molecule has 0 aromatic heterocycles. The summed E-state index contributed by atoms with van der Waals surface area (Å²) in [4.78, 5) is 24.2. The van der Waals surface area contributed by atoms with Crippen LogP contribution in [-0.4, -0.2) is 44.2 Å². The Kier molecular flexibility index (Phi) is 2.91. The molecule has 4 aliphatic rings. The molecule has 118 valence electrons. The molecule has 6 heteroatoms.